The zero-order valence-corrected chi connectivity index (χ0v) is 9.99. The van der Waals surface area contributed by atoms with Crippen LogP contribution in [0.4, 0.5) is 0 Å². The van der Waals surface area contributed by atoms with Crippen molar-refractivity contribution in [3.8, 4) is 5.75 Å². The molecule has 1 aromatic rings. The van der Waals surface area contributed by atoms with E-state index in [1.54, 1.807) is 31.2 Å². The summed E-state index contributed by atoms with van der Waals surface area (Å²) >= 11 is 0. The summed E-state index contributed by atoms with van der Waals surface area (Å²) in [4.78, 5) is 11.1. The van der Waals surface area contributed by atoms with E-state index >= 15 is 0 Å². The van der Waals surface area contributed by atoms with Crippen molar-refractivity contribution in [1.82, 2.24) is 0 Å². The lowest BCUT2D eigenvalue weighted by Crippen LogP contribution is -2.16. The topological polar surface area (TPSA) is 63.6 Å². The summed E-state index contributed by atoms with van der Waals surface area (Å²) in [5.74, 6) is -0.422. The molecular weight excluding hydrogens is 228 g/mol. The quantitative estimate of drug-likeness (QED) is 0.853. The zero-order chi connectivity index (χ0) is 12.1. The number of hydrogen-bond donors (Lipinski definition) is 1. The van der Waals surface area contributed by atoms with Crippen molar-refractivity contribution in [3.05, 3.63) is 24.3 Å². The number of carboxylic acid groups (broad SMARTS) is 1. The molecule has 0 aliphatic rings. The molecule has 4 nitrogen and oxygen atoms in total. The molecular formula is C11H14O4S. The van der Waals surface area contributed by atoms with Gasteiger partial charge in [0.15, 0.2) is 0 Å². The molecule has 0 heterocycles. The first kappa shape index (κ1) is 12.7. The second-order valence-corrected chi connectivity index (χ2v) is 5.20. The van der Waals surface area contributed by atoms with Crippen LogP contribution in [-0.4, -0.2) is 27.6 Å². The molecule has 1 aromatic carbocycles. The van der Waals surface area contributed by atoms with Crippen molar-refractivity contribution in [2.24, 2.45) is 0 Å². The van der Waals surface area contributed by atoms with Crippen molar-refractivity contribution in [2.45, 2.75) is 23.5 Å². The van der Waals surface area contributed by atoms with Crippen molar-refractivity contribution in [3.63, 3.8) is 0 Å². The van der Waals surface area contributed by atoms with Gasteiger partial charge in [-0.1, -0.05) is 12.1 Å². The molecule has 0 aliphatic carbocycles. The van der Waals surface area contributed by atoms with Crippen LogP contribution in [0.5, 0.6) is 5.75 Å². The number of carboxylic acids is 1. The van der Waals surface area contributed by atoms with E-state index < -0.39 is 22.0 Å². The highest BCUT2D eigenvalue weighted by molar-refractivity contribution is 7.85. The van der Waals surface area contributed by atoms with E-state index in [0.717, 1.165) is 0 Å². The Morgan fingerprint density at radius 3 is 2.69 bits per heavy atom. The molecule has 0 saturated carbocycles. The molecule has 0 bridgehead atoms. The van der Waals surface area contributed by atoms with Gasteiger partial charge in [0.05, 0.1) is 29.2 Å². The third-order valence-corrected chi connectivity index (χ3v) is 3.78. The summed E-state index contributed by atoms with van der Waals surface area (Å²) in [6, 6.07) is 6.93. The van der Waals surface area contributed by atoms with Crippen LogP contribution in [0.3, 0.4) is 0 Å². The molecule has 0 spiro atoms. The van der Waals surface area contributed by atoms with Crippen LogP contribution >= 0.6 is 0 Å². The monoisotopic (exact) mass is 242 g/mol. The second-order valence-electron chi connectivity index (χ2n) is 3.36. The van der Waals surface area contributed by atoms with E-state index in [1.807, 2.05) is 0 Å². The molecule has 0 saturated heterocycles. The van der Waals surface area contributed by atoms with Crippen molar-refractivity contribution in [1.29, 1.82) is 0 Å². The Bertz CT molecular complexity index is 403. The fraction of sp³-hybridized carbons (Fsp3) is 0.364. The van der Waals surface area contributed by atoms with Gasteiger partial charge in [-0.3, -0.25) is 9.00 Å². The number of methoxy groups -OCH3 is 1. The number of carbonyl (C=O) groups is 1. The number of para-hydroxylation sites is 1. The Labute approximate surface area is 96.7 Å². The largest absolute Gasteiger partial charge is 0.495 e. The predicted molar refractivity (Wildman–Crippen MR) is 61.1 cm³/mol. The molecule has 2 atom stereocenters. The van der Waals surface area contributed by atoms with Gasteiger partial charge in [-0.05, 0) is 19.1 Å². The molecule has 88 valence electrons. The standard InChI is InChI=1S/C11H14O4S/c1-8(7-11(12)13)16(14)10-6-4-3-5-9(10)15-2/h3-6,8H,7H2,1-2H3,(H,12,13). The molecule has 5 heteroatoms. The first-order valence-corrected chi connectivity index (χ1v) is 6.03. The summed E-state index contributed by atoms with van der Waals surface area (Å²) < 4.78 is 17.1. The van der Waals surface area contributed by atoms with E-state index in [1.165, 1.54) is 7.11 Å². The summed E-state index contributed by atoms with van der Waals surface area (Å²) in [7, 11) is 0.132. The fourth-order valence-electron chi connectivity index (χ4n) is 1.32. The van der Waals surface area contributed by atoms with Gasteiger partial charge >= 0.3 is 5.97 Å². The number of rotatable bonds is 5. The third kappa shape index (κ3) is 3.06. The van der Waals surface area contributed by atoms with E-state index in [2.05, 4.69) is 0 Å². The smallest absolute Gasteiger partial charge is 0.304 e. The first-order valence-electron chi connectivity index (χ1n) is 4.81. The number of benzene rings is 1. The van der Waals surface area contributed by atoms with Crippen LogP contribution in [-0.2, 0) is 15.6 Å². The van der Waals surface area contributed by atoms with E-state index in [4.69, 9.17) is 9.84 Å². The first-order chi connectivity index (χ1) is 7.56. The number of ether oxygens (including phenoxy) is 1. The third-order valence-electron chi connectivity index (χ3n) is 2.11. The van der Waals surface area contributed by atoms with E-state index in [9.17, 15) is 9.00 Å². The number of hydrogen-bond acceptors (Lipinski definition) is 3. The Morgan fingerprint density at radius 1 is 1.50 bits per heavy atom. The van der Waals surface area contributed by atoms with Gasteiger partial charge in [0, 0.05) is 5.25 Å². The van der Waals surface area contributed by atoms with Crippen LogP contribution in [0.15, 0.2) is 29.2 Å². The molecule has 0 aromatic heterocycles. The van der Waals surface area contributed by atoms with Gasteiger partial charge in [0.25, 0.3) is 0 Å². The van der Waals surface area contributed by atoms with E-state index in [-0.39, 0.29) is 6.42 Å². The SMILES string of the molecule is COc1ccccc1S(=O)C(C)CC(=O)O. The van der Waals surface area contributed by atoms with Crippen molar-refractivity contribution >= 4 is 16.8 Å². The highest BCUT2D eigenvalue weighted by Gasteiger charge is 2.19. The highest BCUT2D eigenvalue weighted by atomic mass is 32.2. The molecule has 0 aliphatic heterocycles. The Balaban J connectivity index is 2.91. The molecule has 0 amide bonds. The van der Waals surface area contributed by atoms with Gasteiger partial charge in [-0.25, -0.2) is 0 Å². The lowest BCUT2D eigenvalue weighted by atomic mass is 10.3. The minimum atomic E-state index is -1.37. The van der Waals surface area contributed by atoms with Gasteiger partial charge < -0.3 is 9.84 Å². The van der Waals surface area contributed by atoms with Crippen LogP contribution in [0, 0.1) is 0 Å². The Morgan fingerprint density at radius 2 is 2.12 bits per heavy atom. The summed E-state index contributed by atoms with van der Waals surface area (Å²) in [6.45, 7) is 1.65. The fourth-order valence-corrected chi connectivity index (χ4v) is 2.61. The molecule has 2 unspecified atom stereocenters. The predicted octanol–water partition coefficient (Wildman–Crippen LogP) is 1.67. The number of aliphatic carboxylic acids is 1. The maximum atomic E-state index is 12.0. The molecule has 16 heavy (non-hydrogen) atoms. The summed E-state index contributed by atoms with van der Waals surface area (Å²) in [5.41, 5.74) is 0. The molecule has 0 fully saturated rings. The average Bonchev–Trinajstić information content (AvgIpc) is 2.27. The summed E-state index contributed by atoms with van der Waals surface area (Å²) in [6.07, 6.45) is -0.120. The Hall–Kier alpha value is -1.36. The highest BCUT2D eigenvalue weighted by Crippen LogP contribution is 2.24. The van der Waals surface area contributed by atoms with Gasteiger partial charge in [-0.2, -0.15) is 0 Å². The Kier molecular flexibility index (Phi) is 4.49. The molecule has 1 N–H and O–H groups in total. The summed E-state index contributed by atoms with van der Waals surface area (Å²) in [5, 5.41) is 8.20. The minimum absolute atomic E-state index is 0.120. The zero-order valence-electron chi connectivity index (χ0n) is 9.17. The van der Waals surface area contributed by atoms with Crippen molar-refractivity contribution in [2.75, 3.05) is 7.11 Å². The van der Waals surface area contributed by atoms with Crippen LogP contribution < -0.4 is 4.74 Å². The van der Waals surface area contributed by atoms with E-state index in [0.29, 0.717) is 10.6 Å². The maximum absolute atomic E-state index is 12.0. The van der Waals surface area contributed by atoms with Gasteiger partial charge in [-0.15, -0.1) is 0 Å². The lowest BCUT2D eigenvalue weighted by Gasteiger charge is -2.11. The molecule has 0 radical (unpaired) electrons. The maximum Gasteiger partial charge on any atom is 0.304 e. The normalized spacial score (nSPS) is 14.1. The van der Waals surface area contributed by atoms with Crippen molar-refractivity contribution < 1.29 is 18.8 Å². The van der Waals surface area contributed by atoms with Gasteiger partial charge in [0.1, 0.15) is 5.75 Å². The molecule has 1 rings (SSSR count). The second kappa shape index (κ2) is 5.65. The van der Waals surface area contributed by atoms with Crippen LogP contribution in [0.25, 0.3) is 0 Å². The lowest BCUT2D eigenvalue weighted by molar-refractivity contribution is -0.136. The van der Waals surface area contributed by atoms with Gasteiger partial charge in [0.2, 0.25) is 0 Å². The average molecular weight is 242 g/mol. The minimum Gasteiger partial charge on any atom is -0.495 e. The van der Waals surface area contributed by atoms with Crippen LogP contribution in [0.1, 0.15) is 13.3 Å². The van der Waals surface area contributed by atoms with Crippen LogP contribution in [0.2, 0.25) is 0 Å².